The van der Waals surface area contributed by atoms with E-state index in [1.54, 1.807) is 30.3 Å². The van der Waals surface area contributed by atoms with Crippen LogP contribution in [-0.4, -0.2) is 11.0 Å². The number of halogens is 1. The zero-order chi connectivity index (χ0) is 19.5. The van der Waals surface area contributed by atoms with E-state index in [4.69, 9.17) is 4.74 Å². The minimum absolute atomic E-state index is 0.320. The normalized spacial score (nSPS) is 10.8. The Bertz CT molecular complexity index is 1140. The molecule has 3 nitrogen and oxygen atoms in total. The maximum atomic E-state index is 13.3. The molecule has 1 aromatic heterocycles. The molecule has 138 valence electrons. The van der Waals surface area contributed by atoms with Crippen LogP contribution >= 0.6 is 0 Å². The third-order valence-corrected chi connectivity index (χ3v) is 4.62. The number of ether oxygens (including phenoxy) is 1. The van der Waals surface area contributed by atoms with Gasteiger partial charge in [-0.2, -0.15) is 0 Å². The van der Waals surface area contributed by atoms with Crippen LogP contribution in [0.25, 0.3) is 22.2 Å². The molecule has 0 spiro atoms. The van der Waals surface area contributed by atoms with Crippen LogP contribution in [0.15, 0.2) is 78.9 Å². The highest BCUT2D eigenvalue weighted by Crippen LogP contribution is 2.26. The summed E-state index contributed by atoms with van der Waals surface area (Å²) >= 11 is 0. The van der Waals surface area contributed by atoms with E-state index in [0.29, 0.717) is 27.9 Å². The third kappa shape index (κ3) is 3.62. The summed E-state index contributed by atoms with van der Waals surface area (Å²) in [5.74, 6) is -0.280. The first-order valence-electron chi connectivity index (χ1n) is 9.11. The van der Waals surface area contributed by atoms with Crippen LogP contribution in [-0.2, 0) is 6.42 Å². The molecule has 4 aromatic rings. The van der Waals surface area contributed by atoms with Gasteiger partial charge in [0.1, 0.15) is 11.6 Å². The van der Waals surface area contributed by atoms with Gasteiger partial charge in [0.25, 0.3) is 0 Å². The molecule has 28 heavy (non-hydrogen) atoms. The Hall–Kier alpha value is -3.53. The minimum Gasteiger partial charge on any atom is -0.423 e. The quantitative estimate of drug-likeness (QED) is 0.335. The summed E-state index contributed by atoms with van der Waals surface area (Å²) in [5.41, 5.74) is 3.59. The van der Waals surface area contributed by atoms with Crippen molar-refractivity contribution >= 4 is 16.9 Å². The number of pyridine rings is 1. The largest absolute Gasteiger partial charge is 0.423 e. The summed E-state index contributed by atoms with van der Waals surface area (Å²) in [6.45, 7) is 2.07. The van der Waals surface area contributed by atoms with Gasteiger partial charge in [-0.3, -0.25) is 0 Å². The van der Waals surface area contributed by atoms with Gasteiger partial charge < -0.3 is 4.74 Å². The van der Waals surface area contributed by atoms with Gasteiger partial charge in [-0.1, -0.05) is 37.3 Å². The summed E-state index contributed by atoms with van der Waals surface area (Å²) in [4.78, 5) is 17.5. The number of rotatable bonds is 4. The molecule has 0 atom stereocenters. The van der Waals surface area contributed by atoms with Crippen molar-refractivity contribution in [1.29, 1.82) is 0 Å². The van der Waals surface area contributed by atoms with Crippen molar-refractivity contribution in [2.45, 2.75) is 13.3 Å². The Balaban J connectivity index is 1.75. The number of carbonyl (C=O) groups excluding carboxylic acids is 1. The van der Waals surface area contributed by atoms with Gasteiger partial charge in [0.15, 0.2) is 0 Å². The zero-order valence-corrected chi connectivity index (χ0v) is 15.4. The van der Waals surface area contributed by atoms with Crippen LogP contribution in [0.4, 0.5) is 4.39 Å². The minimum atomic E-state index is -0.453. The molecule has 4 rings (SSSR count). The number of hydrogen-bond donors (Lipinski definition) is 0. The number of hydrogen-bond acceptors (Lipinski definition) is 3. The molecule has 0 aliphatic heterocycles. The predicted octanol–water partition coefficient (Wildman–Crippen LogP) is 5.82. The zero-order valence-electron chi connectivity index (χ0n) is 15.4. The van der Waals surface area contributed by atoms with E-state index in [1.165, 1.54) is 17.7 Å². The Labute approximate surface area is 162 Å². The molecule has 0 saturated carbocycles. The molecule has 0 N–H and O–H groups in total. The molecular formula is C24H18FNO2. The second kappa shape index (κ2) is 7.61. The van der Waals surface area contributed by atoms with Crippen molar-refractivity contribution in [1.82, 2.24) is 4.98 Å². The van der Waals surface area contributed by atoms with E-state index in [-0.39, 0.29) is 5.82 Å². The monoisotopic (exact) mass is 371 g/mol. The van der Waals surface area contributed by atoms with Gasteiger partial charge in [-0.25, -0.2) is 14.2 Å². The van der Waals surface area contributed by atoms with E-state index < -0.39 is 5.97 Å². The number of fused-ring (bicyclic) bond motifs is 1. The molecule has 0 bridgehead atoms. The average molecular weight is 371 g/mol. The Morgan fingerprint density at radius 3 is 2.39 bits per heavy atom. The van der Waals surface area contributed by atoms with Crippen LogP contribution < -0.4 is 4.74 Å². The Kier molecular flexibility index (Phi) is 4.85. The first-order chi connectivity index (χ1) is 13.6. The molecule has 0 fully saturated rings. The van der Waals surface area contributed by atoms with Gasteiger partial charge in [0, 0.05) is 10.9 Å². The fourth-order valence-corrected chi connectivity index (χ4v) is 3.07. The number of esters is 1. The highest BCUT2D eigenvalue weighted by molar-refractivity contribution is 6.05. The fourth-order valence-electron chi connectivity index (χ4n) is 3.07. The number of benzene rings is 3. The molecule has 1 heterocycles. The van der Waals surface area contributed by atoms with E-state index in [1.807, 2.05) is 36.4 Å². The number of aryl methyl sites for hydroxylation is 1. The summed E-state index contributed by atoms with van der Waals surface area (Å²) in [7, 11) is 0. The molecule has 0 radical (unpaired) electrons. The molecular weight excluding hydrogens is 353 g/mol. The lowest BCUT2D eigenvalue weighted by Gasteiger charge is -2.10. The van der Waals surface area contributed by atoms with Crippen LogP contribution in [0.5, 0.6) is 5.75 Å². The van der Waals surface area contributed by atoms with Crippen LogP contribution in [0, 0.1) is 5.82 Å². The van der Waals surface area contributed by atoms with Crippen molar-refractivity contribution < 1.29 is 13.9 Å². The molecule has 0 aliphatic carbocycles. The second-order valence-electron chi connectivity index (χ2n) is 6.47. The van der Waals surface area contributed by atoms with Crippen molar-refractivity contribution in [2.75, 3.05) is 0 Å². The number of para-hydroxylation sites is 1. The number of aromatic nitrogens is 1. The van der Waals surface area contributed by atoms with Gasteiger partial charge >= 0.3 is 5.97 Å². The number of carbonyl (C=O) groups is 1. The lowest BCUT2D eigenvalue weighted by atomic mass is 10.0. The average Bonchev–Trinajstić information content (AvgIpc) is 2.74. The van der Waals surface area contributed by atoms with E-state index in [0.717, 1.165) is 12.0 Å². The highest BCUT2D eigenvalue weighted by Gasteiger charge is 2.16. The maximum Gasteiger partial charge on any atom is 0.344 e. The lowest BCUT2D eigenvalue weighted by Crippen LogP contribution is -2.10. The summed E-state index contributed by atoms with van der Waals surface area (Å²) in [6.07, 6.45) is 0.921. The highest BCUT2D eigenvalue weighted by atomic mass is 19.1. The molecule has 0 saturated heterocycles. The predicted molar refractivity (Wildman–Crippen MR) is 108 cm³/mol. The summed E-state index contributed by atoms with van der Waals surface area (Å²) < 4.78 is 18.9. The van der Waals surface area contributed by atoms with Crippen molar-refractivity contribution in [3.05, 3.63) is 95.8 Å². The van der Waals surface area contributed by atoms with Crippen molar-refractivity contribution in [3.8, 4) is 17.0 Å². The second-order valence-corrected chi connectivity index (χ2v) is 6.47. The van der Waals surface area contributed by atoms with Crippen LogP contribution in [0.3, 0.4) is 0 Å². The Morgan fingerprint density at radius 1 is 0.964 bits per heavy atom. The molecule has 0 aliphatic rings. The smallest absolute Gasteiger partial charge is 0.344 e. The molecule has 0 amide bonds. The first kappa shape index (κ1) is 17.9. The topological polar surface area (TPSA) is 39.2 Å². The number of nitrogens with zero attached hydrogens (tertiary/aromatic N) is 1. The van der Waals surface area contributed by atoms with Gasteiger partial charge in [-0.05, 0) is 60.5 Å². The van der Waals surface area contributed by atoms with Gasteiger partial charge in [-0.15, -0.1) is 0 Å². The standard InChI is InChI=1S/C24H18FNO2/c1-2-16-7-13-19(14-8-16)28-24(27)21-15-23(17-9-11-18(25)12-10-17)26-22-6-4-3-5-20(21)22/h3-15H,2H2,1H3. The summed E-state index contributed by atoms with van der Waals surface area (Å²) in [6, 6.07) is 22.6. The van der Waals surface area contributed by atoms with Crippen LogP contribution in [0.1, 0.15) is 22.8 Å². The van der Waals surface area contributed by atoms with Crippen LogP contribution in [0.2, 0.25) is 0 Å². The Morgan fingerprint density at radius 2 is 1.68 bits per heavy atom. The summed E-state index contributed by atoms with van der Waals surface area (Å²) in [5, 5.41) is 0.712. The molecule has 4 heteroatoms. The third-order valence-electron chi connectivity index (χ3n) is 4.62. The fraction of sp³-hybridized carbons (Fsp3) is 0.0833. The molecule has 0 unspecified atom stereocenters. The maximum absolute atomic E-state index is 13.3. The SMILES string of the molecule is CCc1ccc(OC(=O)c2cc(-c3ccc(F)cc3)nc3ccccc23)cc1. The molecule has 3 aromatic carbocycles. The van der Waals surface area contributed by atoms with E-state index in [9.17, 15) is 9.18 Å². The van der Waals surface area contributed by atoms with Crippen molar-refractivity contribution in [3.63, 3.8) is 0 Å². The van der Waals surface area contributed by atoms with Gasteiger partial charge in [0.05, 0.1) is 16.8 Å². The lowest BCUT2D eigenvalue weighted by molar-refractivity contribution is 0.0737. The van der Waals surface area contributed by atoms with E-state index >= 15 is 0 Å². The van der Waals surface area contributed by atoms with E-state index in [2.05, 4.69) is 11.9 Å². The van der Waals surface area contributed by atoms with Crippen molar-refractivity contribution in [2.24, 2.45) is 0 Å². The van der Waals surface area contributed by atoms with Gasteiger partial charge in [0.2, 0.25) is 0 Å². The first-order valence-corrected chi connectivity index (χ1v) is 9.11.